The first-order chi connectivity index (χ1) is 7.43. The number of ether oxygens (including phenoxy) is 1. The van der Waals surface area contributed by atoms with E-state index in [-0.39, 0.29) is 0 Å². The normalized spacial score (nSPS) is 19.3. The van der Waals surface area contributed by atoms with Gasteiger partial charge >= 0.3 is 0 Å². The minimum atomic E-state index is 0.511. The van der Waals surface area contributed by atoms with E-state index in [9.17, 15) is 0 Å². The zero-order valence-electron chi connectivity index (χ0n) is 8.52. The molecule has 15 heavy (non-hydrogen) atoms. The van der Waals surface area contributed by atoms with E-state index in [1.165, 1.54) is 10.9 Å². The monoisotopic (exact) mass is 199 g/mol. The fourth-order valence-corrected chi connectivity index (χ4v) is 1.94. The molecule has 76 valence electrons. The summed E-state index contributed by atoms with van der Waals surface area (Å²) in [6, 6.07) is 10.5. The molecule has 1 fully saturated rings. The first kappa shape index (κ1) is 8.86. The number of aromatic nitrogens is 1. The van der Waals surface area contributed by atoms with Crippen molar-refractivity contribution in [3.63, 3.8) is 0 Å². The summed E-state index contributed by atoms with van der Waals surface area (Å²) < 4.78 is 5.23. The zero-order chi connectivity index (χ0) is 10.1. The number of nitrogens with zero attached hydrogens (tertiary/aromatic N) is 1. The number of benzene rings is 1. The molecule has 2 heterocycles. The smallest absolute Gasteiger partial charge is 0.0813 e. The van der Waals surface area contributed by atoms with Gasteiger partial charge in [-0.15, -0.1) is 0 Å². The van der Waals surface area contributed by atoms with Crippen LogP contribution in [0.15, 0.2) is 36.5 Å². The Kier molecular flexibility index (Phi) is 2.14. The first-order valence-electron chi connectivity index (χ1n) is 5.38. The first-order valence-corrected chi connectivity index (χ1v) is 5.38. The quantitative estimate of drug-likeness (QED) is 0.710. The van der Waals surface area contributed by atoms with Crippen LogP contribution < -0.4 is 0 Å². The van der Waals surface area contributed by atoms with Crippen LogP contribution in [0.2, 0.25) is 0 Å². The predicted molar refractivity (Wildman–Crippen MR) is 59.8 cm³/mol. The Morgan fingerprint density at radius 3 is 3.07 bits per heavy atom. The molecule has 2 heteroatoms. The second-order valence-corrected chi connectivity index (χ2v) is 3.98. The average molecular weight is 199 g/mol. The molecule has 0 radical (unpaired) electrons. The van der Waals surface area contributed by atoms with Gasteiger partial charge in [-0.3, -0.25) is 4.98 Å². The summed E-state index contributed by atoms with van der Waals surface area (Å²) in [5, 5.41) is 1.28. The van der Waals surface area contributed by atoms with E-state index in [0.29, 0.717) is 6.10 Å². The molecular weight excluding hydrogens is 186 g/mol. The average Bonchev–Trinajstić information content (AvgIpc) is 3.10. The molecule has 0 spiro atoms. The van der Waals surface area contributed by atoms with E-state index in [1.807, 2.05) is 12.3 Å². The van der Waals surface area contributed by atoms with Gasteiger partial charge in [0.15, 0.2) is 0 Å². The number of aryl methyl sites for hydroxylation is 1. The molecule has 3 rings (SSSR count). The van der Waals surface area contributed by atoms with Crippen LogP contribution in [0.1, 0.15) is 12.0 Å². The number of rotatable bonds is 3. The number of hydrogen-bond acceptors (Lipinski definition) is 2. The predicted octanol–water partition coefficient (Wildman–Crippen LogP) is 2.57. The maximum Gasteiger partial charge on any atom is 0.0813 e. The van der Waals surface area contributed by atoms with Crippen LogP contribution in [-0.2, 0) is 11.2 Å². The molecule has 0 aliphatic carbocycles. The van der Waals surface area contributed by atoms with E-state index < -0.39 is 0 Å². The minimum Gasteiger partial charge on any atom is -0.373 e. The molecule has 0 bridgehead atoms. The lowest BCUT2D eigenvalue weighted by Gasteiger charge is -2.04. The molecule has 1 aliphatic rings. The van der Waals surface area contributed by atoms with Crippen LogP contribution in [0.25, 0.3) is 10.9 Å². The van der Waals surface area contributed by atoms with Gasteiger partial charge in [-0.05, 0) is 30.5 Å². The van der Waals surface area contributed by atoms with Crippen molar-refractivity contribution in [1.82, 2.24) is 4.98 Å². The van der Waals surface area contributed by atoms with E-state index in [4.69, 9.17) is 4.74 Å². The van der Waals surface area contributed by atoms with Crippen molar-refractivity contribution < 1.29 is 4.74 Å². The number of fused-ring (bicyclic) bond motifs is 1. The Hall–Kier alpha value is -1.41. The van der Waals surface area contributed by atoms with Crippen molar-refractivity contribution in [3.8, 4) is 0 Å². The third-order valence-corrected chi connectivity index (χ3v) is 2.87. The third-order valence-electron chi connectivity index (χ3n) is 2.87. The summed E-state index contributed by atoms with van der Waals surface area (Å²) in [6.07, 6.45) is 4.58. The lowest BCUT2D eigenvalue weighted by atomic mass is 10.0. The topological polar surface area (TPSA) is 25.4 Å². The minimum absolute atomic E-state index is 0.511. The Bertz CT molecular complexity index is 471. The zero-order valence-corrected chi connectivity index (χ0v) is 8.52. The molecule has 0 N–H and O–H groups in total. The van der Waals surface area contributed by atoms with Crippen LogP contribution in [0.5, 0.6) is 0 Å². The van der Waals surface area contributed by atoms with Crippen molar-refractivity contribution >= 4 is 10.9 Å². The number of epoxide rings is 1. The fraction of sp³-hybridized carbons (Fsp3) is 0.308. The molecule has 2 nitrogen and oxygen atoms in total. The molecule has 0 unspecified atom stereocenters. The van der Waals surface area contributed by atoms with Crippen LogP contribution in [0.3, 0.4) is 0 Å². The van der Waals surface area contributed by atoms with Crippen LogP contribution in [0, 0.1) is 0 Å². The highest BCUT2D eigenvalue weighted by molar-refractivity contribution is 5.81. The Labute approximate surface area is 88.9 Å². The van der Waals surface area contributed by atoms with Gasteiger partial charge < -0.3 is 4.74 Å². The molecule has 1 saturated heterocycles. The Morgan fingerprint density at radius 1 is 1.27 bits per heavy atom. The molecule has 1 atom stereocenters. The maximum atomic E-state index is 5.23. The summed E-state index contributed by atoms with van der Waals surface area (Å²) in [5.74, 6) is 0. The second-order valence-electron chi connectivity index (χ2n) is 3.98. The van der Waals surface area contributed by atoms with E-state index in [2.05, 4.69) is 29.2 Å². The Morgan fingerprint density at radius 2 is 2.20 bits per heavy atom. The fourth-order valence-electron chi connectivity index (χ4n) is 1.94. The molecule has 1 aromatic heterocycles. The molecule has 0 amide bonds. The molecule has 1 aliphatic heterocycles. The van der Waals surface area contributed by atoms with Crippen molar-refractivity contribution in [2.24, 2.45) is 0 Å². The largest absolute Gasteiger partial charge is 0.373 e. The lowest BCUT2D eigenvalue weighted by molar-refractivity contribution is 0.397. The van der Waals surface area contributed by atoms with Crippen molar-refractivity contribution in [2.75, 3.05) is 6.61 Å². The van der Waals surface area contributed by atoms with Gasteiger partial charge in [0.2, 0.25) is 0 Å². The van der Waals surface area contributed by atoms with E-state index >= 15 is 0 Å². The summed E-state index contributed by atoms with van der Waals surface area (Å²) in [7, 11) is 0. The molecule has 1 aromatic carbocycles. The highest BCUT2D eigenvalue weighted by atomic mass is 16.6. The summed E-state index contributed by atoms with van der Waals surface area (Å²) in [4.78, 5) is 4.35. The number of pyridine rings is 1. The third kappa shape index (κ3) is 1.85. The Balaban J connectivity index is 1.93. The maximum absolute atomic E-state index is 5.23. The second kappa shape index (κ2) is 3.63. The van der Waals surface area contributed by atoms with Gasteiger partial charge in [-0.25, -0.2) is 0 Å². The van der Waals surface area contributed by atoms with Crippen molar-refractivity contribution in [2.45, 2.75) is 18.9 Å². The number of hydrogen-bond donors (Lipinski definition) is 0. The highest BCUT2D eigenvalue weighted by Gasteiger charge is 2.21. The molecule has 2 aromatic rings. The van der Waals surface area contributed by atoms with Crippen LogP contribution >= 0.6 is 0 Å². The standard InChI is InChI=1S/C13H13NO/c1-3-10(6-7-11-9-15-11)12-4-2-8-14-13(12)5-1/h1-5,8,11H,6-7,9H2/t11-/m1/s1. The van der Waals surface area contributed by atoms with Gasteiger partial charge in [0.25, 0.3) is 0 Å². The van der Waals surface area contributed by atoms with E-state index in [0.717, 1.165) is 25.0 Å². The lowest BCUT2D eigenvalue weighted by Crippen LogP contribution is -1.92. The summed E-state index contributed by atoms with van der Waals surface area (Å²) in [5.41, 5.74) is 2.47. The van der Waals surface area contributed by atoms with Crippen molar-refractivity contribution in [1.29, 1.82) is 0 Å². The molecular formula is C13H13NO. The van der Waals surface area contributed by atoms with Gasteiger partial charge in [0.1, 0.15) is 0 Å². The van der Waals surface area contributed by atoms with Gasteiger partial charge in [0.05, 0.1) is 18.2 Å². The van der Waals surface area contributed by atoms with Gasteiger partial charge in [-0.2, -0.15) is 0 Å². The van der Waals surface area contributed by atoms with Crippen LogP contribution in [-0.4, -0.2) is 17.7 Å². The molecule has 0 saturated carbocycles. The SMILES string of the molecule is c1cc(CC[C@@H]2CO2)c2cccnc2c1. The summed E-state index contributed by atoms with van der Waals surface area (Å²) in [6.45, 7) is 0.947. The van der Waals surface area contributed by atoms with Crippen molar-refractivity contribution in [3.05, 3.63) is 42.1 Å². The van der Waals surface area contributed by atoms with Gasteiger partial charge in [0, 0.05) is 11.6 Å². The van der Waals surface area contributed by atoms with E-state index in [1.54, 1.807) is 0 Å². The highest BCUT2D eigenvalue weighted by Crippen LogP contribution is 2.21. The summed E-state index contributed by atoms with van der Waals surface area (Å²) >= 11 is 0. The van der Waals surface area contributed by atoms with Crippen LogP contribution in [0.4, 0.5) is 0 Å². The van der Waals surface area contributed by atoms with Gasteiger partial charge in [-0.1, -0.05) is 18.2 Å².